The lowest BCUT2D eigenvalue weighted by atomic mass is 10.1. The molecular weight excluding hydrogens is 352 g/mol. The van der Waals surface area contributed by atoms with Crippen molar-refractivity contribution < 1.29 is 14.3 Å². The zero-order valence-electron chi connectivity index (χ0n) is 14.0. The number of rotatable bonds is 4. The predicted molar refractivity (Wildman–Crippen MR) is 99.5 cm³/mol. The Morgan fingerprint density at radius 2 is 2.12 bits per heavy atom. The van der Waals surface area contributed by atoms with Crippen molar-refractivity contribution in [1.29, 1.82) is 0 Å². The Morgan fingerprint density at radius 3 is 2.96 bits per heavy atom. The number of ether oxygens (including phenoxy) is 1. The molecule has 0 saturated heterocycles. The van der Waals surface area contributed by atoms with Gasteiger partial charge in [-0.05, 0) is 30.7 Å². The van der Waals surface area contributed by atoms with Gasteiger partial charge in [0, 0.05) is 0 Å². The van der Waals surface area contributed by atoms with E-state index >= 15 is 0 Å². The first-order valence-corrected chi connectivity index (χ1v) is 8.98. The Balaban J connectivity index is 1.66. The average Bonchev–Trinajstić information content (AvgIpc) is 3.14. The molecule has 1 atom stereocenters. The lowest BCUT2D eigenvalue weighted by Gasteiger charge is -2.34. The first kappa shape index (κ1) is 16.5. The molecule has 2 aromatic carbocycles. The maximum Gasteiger partial charge on any atom is 0.265 e. The minimum absolute atomic E-state index is 0.0770. The summed E-state index contributed by atoms with van der Waals surface area (Å²) in [7, 11) is 0. The molecule has 0 radical (unpaired) electrons. The summed E-state index contributed by atoms with van der Waals surface area (Å²) in [4.78, 5) is 27.0. The molecule has 0 aliphatic carbocycles. The fourth-order valence-electron chi connectivity index (χ4n) is 3.07. The number of carbonyl (C=O) groups is 2. The number of hydrogen-bond donors (Lipinski definition) is 1. The van der Waals surface area contributed by atoms with Gasteiger partial charge in [0.25, 0.3) is 5.91 Å². The number of benzene rings is 2. The lowest BCUT2D eigenvalue weighted by molar-refractivity contribution is -0.125. The van der Waals surface area contributed by atoms with Crippen LogP contribution in [0.4, 0.5) is 11.4 Å². The highest BCUT2D eigenvalue weighted by Gasteiger charge is 2.34. The highest BCUT2D eigenvalue weighted by atomic mass is 32.1. The molecule has 1 aliphatic rings. The number of nitrogens with one attached hydrogen (secondary N) is 1. The Labute approximate surface area is 153 Å². The second-order valence-corrected chi connectivity index (χ2v) is 6.40. The molecule has 0 fully saturated rings. The first-order valence-electron chi connectivity index (χ1n) is 8.25. The third-order valence-corrected chi connectivity index (χ3v) is 4.83. The minimum Gasteiger partial charge on any atom is -0.482 e. The van der Waals surface area contributed by atoms with Gasteiger partial charge in [-0.1, -0.05) is 25.1 Å². The van der Waals surface area contributed by atoms with Gasteiger partial charge < -0.3 is 10.1 Å². The number of aromatic nitrogens is 2. The minimum atomic E-state index is -0.644. The van der Waals surface area contributed by atoms with Gasteiger partial charge in [0.05, 0.1) is 23.1 Å². The maximum atomic E-state index is 13.0. The zero-order valence-corrected chi connectivity index (χ0v) is 14.8. The number of nitrogens with zero attached hydrogens (tertiary/aromatic N) is 3. The van der Waals surface area contributed by atoms with E-state index in [4.69, 9.17) is 4.74 Å². The Hall–Kier alpha value is -3.00. The second kappa shape index (κ2) is 6.72. The van der Waals surface area contributed by atoms with E-state index in [0.29, 0.717) is 29.1 Å². The van der Waals surface area contributed by atoms with Gasteiger partial charge in [0.2, 0.25) is 5.91 Å². The molecule has 1 aromatic heterocycles. The highest BCUT2D eigenvalue weighted by Crippen LogP contribution is 2.34. The largest absolute Gasteiger partial charge is 0.482 e. The van der Waals surface area contributed by atoms with Crippen molar-refractivity contribution in [3.8, 4) is 5.75 Å². The van der Waals surface area contributed by atoms with Gasteiger partial charge in [0.1, 0.15) is 22.8 Å². The molecule has 132 valence electrons. The molecule has 2 heterocycles. The van der Waals surface area contributed by atoms with Crippen LogP contribution in [0.25, 0.3) is 11.0 Å². The average molecular weight is 368 g/mol. The van der Waals surface area contributed by atoms with E-state index in [1.54, 1.807) is 18.2 Å². The summed E-state index contributed by atoms with van der Waals surface area (Å²) in [6.07, 6.45) is 0.469. The Kier molecular flexibility index (Phi) is 4.26. The van der Waals surface area contributed by atoms with E-state index in [0.717, 1.165) is 17.2 Å². The Morgan fingerprint density at radius 1 is 1.27 bits per heavy atom. The Bertz CT molecular complexity index is 987. The highest BCUT2D eigenvalue weighted by molar-refractivity contribution is 7.00. The van der Waals surface area contributed by atoms with Crippen molar-refractivity contribution in [2.24, 2.45) is 0 Å². The summed E-state index contributed by atoms with van der Waals surface area (Å²) in [5, 5.41) is 2.90. The van der Waals surface area contributed by atoms with E-state index in [1.807, 2.05) is 31.2 Å². The molecule has 7 nitrogen and oxygen atoms in total. The summed E-state index contributed by atoms with van der Waals surface area (Å²) in [6.45, 7) is 1.80. The van der Waals surface area contributed by atoms with Crippen LogP contribution < -0.4 is 15.0 Å². The summed E-state index contributed by atoms with van der Waals surface area (Å²) in [5.41, 5.74) is 2.58. The van der Waals surface area contributed by atoms with Crippen molar-refractivity contribution >= 4 is 46.0 Å². The van der Waals surface area contributed by atoms with E-state index in [-0.39, 0.29) is 18.4 Å². The number of para-hydroxylation sites is 2. The van der Waals surface area contributed by atoms with Crippen molar-refractivity contribution in [2.45, 2.75) is 19.4 Å². The van der Waals surface area contributed by atoms with Crippen molar-refractivity contribution in [3.63, 3.8) is 0 Å². The summed E-state index contributed by atoms with van der Waals surface area (Å²) >= 11 is 1.10. The van der Waals surface area contributed by atoms with Crippen molar-refractivity contribution in [1.82, 2.24) is 8.75 Å². The van der Waals surface area contributed by atoms with Gasteiger partial charge in [0.15, 0.2) is 6.61 Å². The molecule has 1 N–H and O–H groups in total. The number of carbonyl (C=O) groups excluding carboxylic acids is 2. The number of hydrogen-bond acceptors (Lipinski definition) is 6. The lowest BCUT2D eigenvalue weighted by Crippen LogP contribution is -2.51. The fourth-order valence-corrected chi connectivity index (χ4v) is 3.62. The van der Waals surface area contributed by atoms with Crippen LogP contribution in [0, 0.1) is 0 Å². The topological polar surface area (TPSA) is 84.4 Å². The molecule has 8 heteroatoms. The van der Waals surface area contributed by atoms with E-state index in [9.17, 15) is 9.59 Å². The van der Waals surface area contributed by atoms with Crippen LogP contribution in [0.1, 0.15) is 13.3 Å². The third kappa shape index (κ3) is 2.78. The number of amides is 2. The van der Waals surface area contributed by atoms with Gasteiger partial charge in [-0.15, -0.1) is 0 Å². The van der Waals surface area contributed by atoms with Crippen LogP contribution in [-0.4, -0.2) is 33.2 Å². The number of fused-ring (bicyclic) bond motifs is 2. The fraction of sp³-hybridized carbons (Fsp3) is 0.222. The van der Waals surface area contributed by atoms with Gasteiger partial charge in [-0.2, -0.15) is 8.75 Å². The molecule has 1 unspecified atom stereocenters. The maximum absolute atomic E-state index is 13.0. The van der Waals surface area contributed by atoms with Gasteiger partial charge in [-0.3, -0.25) is 14.5 Å². The summed E-state index contributed by atoms with van der Waals surface area (Å²) < 4.78 is 13.9. The molecule has 4 rings (SSSR count). The second-order valence-electron chi connectivity index (χ2n) is 5.87. The molecule has 26 heavy (non-hydrogen) atoms. The summed E-state index contributed by atoms with van der Waals surface area (Å²) in [6, 6.07) is 12.0. The van der Waals surface area contributed by atoms with E-state index in [2.05, 4.69) is 14.1 Å². The van der Waals surface area contributed by atoms with Crippen LogP contribution in [-0.2, 0) is 9.59 Å². The molecular formula is C18H16N4O3S. The zero-order chi connectivity index (χ0) is 18.1. The van der Waals surface area contributed by atoms with Crippen LogP contribution in [0.3, 0.4) is 0 Å². The van der Waals surface area contributed by atoms with E-state index in [1.165, 1.54) is 4.90 Å². The van der Waals surface area contributed by atoms with Crippen molar-refractivity contribution in [2.75, 3.05) is 16.8 Å². The van der Waals surface area contributed by atoms with Crippen LogP contribution in [0.5, 0.6) is 5.75 Å². The standard InChI is InChI=1S/C18H16N4O3S/c1-2-13(22-14-8-3-4-9-15(14)25-10-16(22)23)18(24)19-11-6-5-7-12-17(11)21-26-20-12/h3-9,13H,2,10H2,1H3,(H,19,24). The van der Waals surface area contributed by atoms with Crippen LogP contribution in [0.15, 0.2) is 42.5 Å². The van der Waals surface area contributed by atoms with E-state index < -0.39 is 6.04 Å². The monoisotopic (exact) mass is 368 g/mol. The molecule has 0 spiro atoms. The SMILES string of the molecule is CCC(C(=O)Nc1cccc2nsnc12)N1C(=O)COc2ccccc21. The van der Waals surface area contributed by atoms with Crippen LogP contribution in [0.2, 0.25) is 0 Å². The molecule has 2 amide bonds. The normalized spacial score (nSPS) is 14.7. The van der Waals surface area contributed by atoms with Crippen molar-refractivity contribution in [3.05, 3.63) is 42.5 Å². The molecule has 0 bridgehead atoms. The van der Waals surface area contributed by atoms with Crippen LogP contribution >= 0.6 is 11.7 Å². The number of anilines is 2. The molecule has 3 aromatic rings. The third-order valence-electron chi connectivity index (χ3n) is 4.29. The summed E-state index contributed by atoms with van der Waals surface area (Å²) in [5.74, 6) is 0.0986. The quantitative estimate of drug-likeness (QED) is 0.765. The predicted octanol–water partition coefficient (Wildman–Crippen LogP) is 2.83. The van der Waals surface area contributed by atoms with Gasteiger partial charge >= 0.3 is 0 Å². The first-order chi connectivity index (χ1) is 12.7. The van der Waals surface area contributed by atoms with Gasteiger partial charge in [-0.25, -0.2) is 0 Å². The molecule has 1 aliphatic heterocycles. The smallest absolute Gasteiger partial charge is 0.265 e. The molecule has 0 saturated carbocycles.